The Labute approximate surface area is 284 Å². The van der Waals surface area contributed by atoms with E-state index in [-0.39, 0.29) is 0 Å². The smallest absolute Gasteiger partial charge is 0.0626 e. The van der Waals surface area contributed by atoms with E-state index in [1.165, 1.54) is 87.5 Å². The Morgan fingerprint density at radius 1 is 0.286 bits per heavy atom. The maximum Gasteiger partial charge on any atom is 0.0626 e. The van der Waals surface area contributed by atoms with E-state index in [1.807, 2.05) is 0 Å². The van der Waals surface area contributed by atoms with E-state index in [9.17, 15) is 0 Å². The number of benzene rings is 9. The Morgan fingerprint density at radius 2 is 0.796 bits per heavy atom. The van der Waals surface area contributed by atoms with Gasteiger partial charge >= 0.3 is 0 Å². The molecule has 0 amide bonds. The fourth-order valence-corrected chi connectivity index (χ4v) is 7.90. The summed E-state index contributed by atoms with van der Waals surface area (Å²) in [6.45, 7) is 0. The first kappa shape index (κ1) is 27.7. The van der Waals surface area contributed by atoms with Crippen LogP contribution in [0.4, 0.5) is 0 Å². The van der Waals surface area contributed by atoms with E-state index in [4.69, 9.17) is 0 Å². The van der Waals surface area contributed by atoms with Gasteiger partial charge in [0.1, 0.15) is 0 Å². The van der Waals surface area contributed by atoms with Gasteiger partial charge in [-0.1, -0.05) is 152 Å². The highest BCUT2D eigenvalue weighted by molar-refractivity contribution is 6.36. The van der Waals surface area contributed by atoms with Crippen LogP contribution in [0.15, 0.2) is 188 Å². The van der Waals surface area contributed by atoms with E-state index in [0.29, 0.717) is 0 Å². The summed E-state index contributed by atoms with van der Waals surface area (Å²) < 4.78 is 2.48. The number of hydrogen-bond acceptors (Lipinski definition) is 0. The Balaban J connectivity index is 1.22. The number of rotatable bonds is 4. The monoisotopic (exact) mass is 621 g/mol. The molecule has 1 aromatic heterocycles. The van der Waals surface area contributed by atoms with Gasteiger partial charge in [-0.25, -0.2) is 0 Å². The number of aromatic nitrogens is 1. The minimum Gasteiger partial charge on any atom is -0.309 e. The molecule has 1 nitrogen and oxygen atoms in total. The van der Waals surface area contributed by atoms with Crippen molar-refractivity contribution in [1.29, 1.82) is 0 Å². The molecule has 49 heavy (non-hydrogen) atoms. The molecule has 0 radical (unpaired) electrons. The second kappa shape index (κ2) is 11.1. The van der Waals surface area contributed by atoms with Crippen LogP contribution >= 0.6 is 0 Å². The van der Waals surface area contributed by atoms with Gasteiger partial charge in [0.25, 0.3) is 0 Å². The van der Waals surface area contributed by atoms with Crippen LogP contribution < -0.4 is 0 Å². The molecule has 10 aromatic rings. The molecule has 0 saturated heterocycles. The van der Waals surface area contributed by atoms with Crippen LogP contribution in [0.1, 0.15) is 0 Å². The summed E-state index contributed by atoms with van der Waals surface area (Å²) in [7, 11) is 0. The molecule has 0 N–H and O–H groups in total. The average Bonchev–Trinajstić information content (AvgIpc) is 3.54. The van der Waals surface area contributed by atoms with Gasteiger partial charge in [-0.2, -0.15) is 0 Å². The molecule has 1 heterocycles. The van der Waals surface area contributed by atoms with Crippen molar-refractivity contribution in [2.75, 3.05) is 0 Å². The third-order valence-electron chi connectivity index (χ3n) is 10.1. The predicted molar refractivity (Wildman–Crippen MR) is 210 cm³/mol. The normalized spacial score (nSPS) is 11.7. The predicted octanol–water partition coefficient (Wildman–Crippen LogP) is 13.2. The maximum absolute atomic E-state index is 2.48. The molecule has 228 valence electrons. The summed E-state index contributed by atoms with van der Waals surface area (Å²) in [6.07, 6.45) is 0. The van der Waals surface area contributed by atoms with E-state index in [1.54, 1.807) is 0 Å². The molecule has 0 fully saturated rings. The van der Waals surface area contributed by atoms with Gasteiger partial charge in [0.05, 0.1) is 11.0 Å². The van der Waals surface area contributed by atoms with Gasteiger partial charge in [0, 0.05) is 27.2 Å². The molecule has 0 aliphatic heterocycles. The first-order valence-electron chi connectivity index (χ1n) is 16.9. The molecule has 10 rings (SSSR count). The number of hydrogen-bond donors (Lipinski definition) is 0. The van der Waals surface area contributed by atoms with Crippen molar-refractivity contribution in [2.45, 2.75) is 0 Å². The zero-order chi connectivity index (χ0) is 32.3. The third kappa shape index (κ3) is 4.40. The lowest BCUT2D eigenvalue weighted by Gasteiger charge is -2.15. The topological polar surface area (TPSA) is 4.93 Å². The van der Waals surface area contributed by atoms with Crippen LogP contribution in [0.25, 0.3) is 93.2 Å². The standard InChI is InChI=1S/C48H31N/c1-3-13-32(14-4-1)36-29-37(33-15-5-2-6-16-33)31-38(30-36)34-23-26-39(27-24-34)49-45-22-12-11-21-44(45)47-46-40-18-8-7-17-35(40)25-28-42(46)41-19-9-10-20-43(41)48(47)49/h1-31H. The molecular formula is C48H31N. The van der Waals surface area contributed by atoms with Crippen molar-refractivity contribution in [1.82, 2.24) is 4.57 Å². The molecule has 0 aliphatic carbocycles. The van der Waals surface area contributed by atoms with E-state index in [2.05, 4.69) is 193 Å². The molecule has 0 atom stereocenters. The molecule has 0 bridgehead atoms. The van der Waals surface area contributed by atoms with E-state index in [0.717, 1.165) is 5.69 Å². The van der Waals surface area contributed by atoms with Crippen LogP contribution in [0.2, 0.25) is 0 Å². The van der Waals surface area contributed by atoms with Gasteiger partial charge < -0.3 is 4.57 Å². The van der Waals surface area contributed by atoms with Crippen molar-refractivity contribution in [2.24, 2.45) is 0 Å². The number of para-hydroxylation sites is 1. The zero-order valence-electron chi connectivity index (χ0n) is 26.8. The summed E-state index contributed by atoms with van der Waals surface area (Å²) >= 11 is 0. The Hall–Kier alpha value is -6.44. The highest BCUT2D eigenvalue weighted by atomic mass is 15.0. The third-order valence-corrected chi connectivity index (χ3v) is 10.1. The average molecular weight is 622 g/mol. The quantitative estimate of drug-likeness (QED) is 0.172. The van der Waals surface area contributed by atoms with Gasteiger partial charge in [-0.3, -0.25) is 0 Å². The lowest BCUT2D eigenvalue weighted by molar-refractivity contribution is 1.19. The van der Waals surface area contributed by atoms with Crippen molar-refractivity contribution in [3.05, 3.63) is 188 Å². The van der Waals surface area contributed by atoms with Gasteiger partial charge in [0.2, 0.25) is 0 Å². The highest BCUT2D eigenvalue weighted by Gasteiger charge is 2.20. The highest BCUT2D eigenvalue weighted by Crippen LogP contribution is 2.45. The summed E-state index contributed by atoms with van der Waals surface area (Å²) in [6, 6.07) is 68.6. The fraction of sp³-hybridized carbons (Fsp3) is 0. The van der Waals surface area contributed by atoms with Crippen molar-refractivity contribution in [3.8, 4) is 39.1 Å². The lowest BCUT2D eigenvalue weighted by atomic mass is 9.93. The molecule has 0 spiro atoms. The van der Waals surface area contributed by atoms with Gasteiger partial charge in [0.15, 0.2) is 0 Å². The molecular weight excluding hydrogens is 591 g/mol. The fourth-order valence-electron chi connectivity index (χ4n) is 7.90. The van der Waals surface area contributed by atoms with Crippen LogP contribution in [0.3, 0.4) is 0 Å². The molecule has 1 heteroatoms. The molecule has 0 unspecified atom stereocenters. The van der Waals surface area contributed by atoms with Crippen LogP contribution in [-0.2, 0) is 0 Å². The Morgan fingerprint density at radius 3 is 1.45 bits per heavy atom. The molecule has 0 saturated carbocycles. The second-order valence-electron chi connectivity index (χ2n) is 12.9. The zero-order valence-corrected chi connectivity index (χ0v) is 26.8. The lowest BCUT2D eigenvalue weighted by Crippen LogP contribution is -1.95. The van der Waals surface area contributed by atoms with Gasteiger partial charge in [-0.15, -0.1) is 0 Å². The van der Waals surface area contributed by atoms with E-state index < -0.39 is 0 Å². The molecule has 9 aromatic carbocycles. The first-order chi connectivity index (χ1) is 24.3. The summed E-state index contributed by atoms with van der Waals surface area (Å²) in [5, 5.41) is 10.3. The summed E-state index contributed by atoms with van der Waals surface area (Å²) in [5.74, 6) is 0. The van der Waals surface area contributed by atoms with Gasteiger partial charge in [-0.05, 0) is 91.3 Å². The minimum atomic E-state index is 1.15. The van der Waals surface area contributed by atoms with Crippen molar-refractivity contribution < 1.29 is 0 Å². The van der Waals surface area contributed by atoms with Crippen LogP contribution in [0, 0.1) is 0 Å². The van der Waals surface area contributed by atoms with E-state index >= 15 is 0 Å². The van der Waals surface area contributed by atoms with Crippen LogP contribution in [0.5, 0.6) is 0 Å². The largest absolute Gasteiger partial charge is 0.309 e. The molecule has 0 aliphatic rings. The maximum atomic E-state index is 2.48. The number of fused-ring (bicyclic) bond motifs is 10. The van der Waals surface area contributed by atoms with Crippen molar-refractivity contribution >= 4 is 54.1 Å². The van der Waals surface area contributed by atoms with Crippen molar-refractivity contribution in [3.63, 3.8) is 0 Å². The van der Waals surface area contributed by atoms with Crippen LogP contribution in [-0.4, -0.2) is 4.57 Å². The second-order valence-corrected chi connectivity index (χ2v) is 12.9. The Kier molecular flexibility index (Phi) is 6.25. The summed E-state index contributed by atoms with van der Waals surface area (Å²) in [4.78, 5) is 0. The first-order valence-corrected chi connectivity index (χ1v) is 16.9. The number of nitrogens with zero attached hydrogens (tertiary/aromatic N) is 1. The summed E-state index contributed by atoms with van der Waals surface area (Å²) in [5.41, 5.74) is 10.9. The minimum absolute atomic E-state index is 1.15. The SMILES string of the molecule is c1ccc(-c2cc(-c3ccccc3)cc(-c3ccc(-n4c5ccccc5c5c6c7ccccc7ccc6c6ccccc6c54)cc3)c2)cc1. The Bertz CT molecular complexity index is 2780.